The molecule has 0 amide bonds. The molecule has 0 saturated carbocycles. The zero-order chi connectivity index (χ0) is 18.0. The number of hydrogen-bond donors (Lipinski definition) is 0. The van der Waals surface area contributed by atoms with E-state index in [0.29, 0.717) is 22.6 Å². The van der Waals surface area contributed by atoms with Crippen LogP contribution < -0.4 is 4.90 Å². The molecule has 3 heterocycles. The van der Waals surface area contributed by atoms with E-state index in [2.05, 4.69) is 35.6 Å². The Labute approximate surface area is 150 Å². The molecule has 132 valence electrons. The van der Waals surface area contributed by atoms with Crippen molar-refractivity contribution in [1.82, 2.24) is 9.97 Å². The second-order valence-corrected chi connectivity index (χ2v) is 8.00. The predicted octanol–water partition coefficient (Wildman–Crippen LogP) is 4.28. The lowest BCUT2D eigenvalue weighted by atomic mass is 9.76. The predicted molar refractivity (Wildman–Crippen MR) is 101 cm³/mol. The Morgan fingerprint density at radius 3 is 2.72 bits per heavy atom. The molecule has 2 aromatic heterocycles. The zero-order valence-corrected chi connectivity index (χ0v) is 15.6. The highest BCUT2D eigenvalue weighted by atomic mass is 16.1. The number of ketones is 1. The van der Waals surface area contributed by atoms with E-state index in [1.165, 1.54) is 12.8 Å². The minimum atomic E-state index is -0.0585. The first-order chi connectivity index (χ1) is 11.9. The van der Waals surface area contributed by atoms with Gasteiger partial charge in [0.05, 0.1) is 0 Å². The van der Waals surface area contributed by atoms with Crippen LogP contribution in [-0.2, 0) is 0 Å². The highest BCUT2D eigenvalue weighted by Crippen LogP contribution is 2.34. The molecular weight excluding hydrogens is 310 g/mol. The molecule has 4 heteroatoms. The average Bonchev–Trinajstić information content (AvgIpc) is 2.61. The number of anilines is 1. The quantitative estimate of drug-likeness (QED) is 0.784. The zero-order valence-electron chi connectivity index (χ0n) is 15.6. The van der Waals surface area contributed by atoms with E-state index in [9.17, 15) is 4.79 Å². The maximum Gasteiger partial charge on any atom is 0.213 e. The van der Waals surface area contributed by atoms with Gasteiger partial charge in [-0.1, -0.05) is 26.8 Å². The summed E-state index contributed by atoms with van der Waals surface area (Å²) in [5.41, 5.74) is 2.15. The Morgan fingerprint density at radius 1 is 1.20 bits per heavy atom. The van der Waals surface area contributed by atoms with Crippen molar-refractivity contribution in [2.24, 2.45) is 11.3 Å². The fraction of sp³-hybridized carbons (Fsp3) is 0.476. The summed E-state index contributed by atoms with van der Waals surface area (Å²) in [6.07, 6.45) is 4.13. The lowest BCUT2D eigenvalue weighted by Crippen LogP contribution is -2.41. The molecule has 0 aliphatic carbocycles. The molecule has 1 aliphatic rings. The van der Waals surface area contributed by atoms with Crippen LogP contribution in [0.15, 0.2) is 36.5 Å². The van der Waals surface area contributed by atoms with Gasteiger partial charge in [0.15, 0.2) is 0 Å². The van der Waals surface area contributed by atoms with E-state index in [4.69, 9.17) is 0 Å². The molecule has 25 heavy (non-hydrogen) atoms. The number of piperidine rings is 1. The lowest BCUT2D eigenvalue weighted by Gasteiger charge is -2.40. The van der Waals surface area contributed by atoms with Gasteiger partial charge in [0.2, 0.25) is 5.78 Å². The molecule has 1 saturated heterocycles. The Balaban J connectivity index is 1.84. The Hall–Kier alpha value is -2.23. The summed E-state index contributed by atoms with van der Waals surface area (Å²) in [6, 6.07) is 9.35. The smallest absolute Gasteiger partial charge is 0.213 e. The molecule has 1 aliphatic heterocycles. The van der Waals surface area contributed by atoms with Crippen molar-refractivity contribution >= 4 is 11.6 Å². The normalized spacial score (nSPS) is 18.2. The van der Waals surface area contributed by atoms with E-state index >= 15 is 0 Å². The maximum atomic E-state index is 12.8. The van der Waals surface area contributed by atoms with Gasteiger partial charge in [-0.3, -0.25) is 9.78 Å². The average molecular weight is 337 g/mol. The third kappa shape index (κ3) is 3.89. The second-order valence-electron chi connectivity index (χ2n) is 8.00. The summed E-state index contributed by atoms with van der Waals surface area (Å²) in [4.78, 5) is 24.0. The number of nitrogens with zero attached hydrogens (tertiary/aromatic N) is 3. The van der Waals surface area contributed by atoms with E-state index in [-0.39, 0.29) is 5.78 Å². The van der Waals surface area contributed by atoms with Gasteiger partial charge in [0.25, 0.3) is 0 Å². The summed E-state index contributed by atoms with van der Waals surface area (Å²) in [5, 5.41) is 0. The van der Waals surface area contributed by atoms with E-state index in [1.54, 1.807) is 18.3 Å². The van der Waals surface area contributed by atoms with E-state index in [1.807, 2.05) is 25.1 Å². The van der Waals surface area contributed by atoms with Crippen LogP contribution in [0.3, 0.4) is 0 Å². The van der Waals surface area contributed by atoms with Crippen LogP contribution in [0, 0.1) is 18.3 Å². The summed E-state index contributed by atoms with van der Waals surface area (Å²) < 4.78 is 0. The minimum Gasteiger partial charge on any atom is -0.356 e. The van der Waals surface area contributed by atoms with E-state index < -0.39 is 0 Å². The van der Waals surface area contributed by atoms with E-state index in [0.717, 1.165) is 24.6 Å². The Kier molecular flexibility index (Phi) is 4.89. The molecule has 1 fully saturated rings. The molecule has 0 radical (unpaired) electrons. The summed E-state index contributed by atoms with van der Waals surface area (Å²) in [6.45, 7) is 10.8. The molecule has 0 spiro atoms. The monoisotopic (exact) mass is 337 g/mol. The SMILES string of the molecule is Cc1ncccc1C(=O)c1cccc(N2CCC[C@@H](C(C)(C)C)C2)n1. The van der Waals surface area contributed by atoms with Crippen molar-refractivity contribution in [3.8, 4) is 0 Å². The molecule has 4 nitrogen and oxygen atoms in total. The summed E-state index contributed by atoms with van der Waals surface area (Å²) in [5.74, 6) is 1.49. The van der Waals surface area contributed by atoms with Gasteiger partial charge in [0.1, 0.15) is 11.5 Å². The largest absolute Gasteiger partial charge is 0.356 e. The van der Waals surface area contributed by atoms with Gasteiger partial charge >= 0.3 is 0 Å². The molecule has 1 atom stereocenters. The first-order valence-electron chi connectivity index (χ1n) is 9.04. The Morgan fingerprint density at radius 2 is 2.00 bits per heavy atom. The molecule has 0 N–H and O–H groups in total. The molecule has 0 unspecified atom stereocenters. The van der Waals surface area contributed by atoms with Crippen LogP contribution in [0.4, 0.5) is 5.82 Å². The summed E-state index contributed by atoms with van der Waals surface area (Å²) in [7, 11) is 0. The van der Waals surface area contributed by atoms with Gasteiger partial charge in [0, 0.05) is 30.5 Å². The maximum absolute atomic E-state index is 12.8. The fourth-order valence-electron chi connectivity index (χ4n) is 3.48. The van der Waals surface area contributed by atoms with Crippen molar-refractivity contribution in [1.29, 1.82) is 0 Å². The lowest BCUT2D eigenvalue weighted by molar-refractivity contribution is 0.103. The number of carbonyl (C=O) groups is 1. The van der Waals surface area contributed by atoms with Crippen molar-refractivity contribution in [3.05, 3.63) is 53.5 Å². The number of carbonyl (C=O) groups excluding carboxylic acids is 1. The number of aromatic nitrogens is 2. The summed E-state index contributed by atoms with van der Waals surface area (Å²) >= 11 is 0. The Bertz CT molecular complexity index is 764. The van der Waals surface area contributed by atoms with Crippen molar-refractivity contribution in [2.75, 3.05) is 18.0 Å². The highest BCUT2D eigenvalue weighted by molar-refractivity contribution is 6.08. The molecule has 0 aromatic carbocycles. The first-order valence-corrected chi connectivity index (χ1v) is 9.04. The first kappa shape index (κ1) is 17.6. The van der Waals surface area contributed by atoms with Crippen LogP contribution in [0.1, 0.15) is 55.4 Å². The van der Waals surface area contributed by atoms with Gasteiger partial charge in [-0.05, 0) is 55.4 Å². The molecule has 0 bridgehead atoms. The number of pyridine rings is 2. The van der Waals surface area contributed by atoms with Crippen molar-refractivity contribution in [3.63, 3.8) is 0 Å². The fourth-order valence-corrected chi connectivity index (χ4v) is 3.48. The number of hydrogen-bond acceptors (Lipinski definition) is 4. The molecular formula is C21H27N3O. The second kappa shape index (κ2) is 6.95. The van der Waals surface area contributed by atoms with Crippen LogP contribution in [0.2, 0.25) is 0 Å². The van der Waals surface area contributed by atoms with Gasteiger partial charge in [-0.15, -0.1) is 0 Å². The van der Waals surface area contributed by atoms with Crippen LogP contribution in [0.5, 0.6) is 0 Å². The topological polar surface area (TPSA) is 46.1 Å². The van der Waals surface area contributed by atoms with Gasteiger partial charge in [-0.25, -0.2) is 4.98 Å². The van der Waals surface area contributed by atoms with Crippen LogP contribution in [0.25, 0.3) is 0 Å². The van der Waals surface area contributed by atoms with Crippen LogP contribution in [-0.4, -0.2) is 28.8 Å². The van der Waals surface area contributed by atoms with Crippen molar-refractivity contribution in [2.45, 2.75) is 40.5 Å². The standard InChI is InChI=1S/C21H27N3O/c1-15-17(9-6-12-22-15)20(25)18-10-5-11-19(23-18)24-13-7-8-16(14-24)21(2,3)4/h5-6,9-12,16H,7-8,13-14H2,1-4H3/t16-/m1/s1. The minimum absolute atomic E-state index is 0.0585. The third-order valence-corrected chi connectivity index (χ3v) is 5.19. The number of rotatable bonds is 3. The third-order valence-electron chi connectivity index (χ3n) is 5.19. The highest BCUT2D eigenvalue weighted by Gasteiger charge is 2.30. The molecule has 2 aromatic rings. The van der Waals surface area contributed by atoms with Gasteiger partial charge < -0.3 is 4.90 Å². The van der Waals surface area contributed by atoms with Gasteiger partial charge in [-0.2, -0.15) is 0 Å². The van der Waals surface area contributed by atoms with Crippen LogP contribution >= 0.6 is 0 Å². The number of aryl methyl sites for hydroxylation is 1. The molecule has 3 rings (SSSR count). The van der Waals surface area contributed by atoms with Crippen molar-refractivity contribution < 1.29 is 4.79 Å².